The van der Waals surface area contributed by atoms with Crippen LogP contribution in [0.5, 0.6) is 11.5 Å². The Morgan fingerprint density at radius 2 is 1.48 bits per heavy atom. The molecule has 0 aliphatic heterocycles. The number of amides is 2. The van der Waals surface area contributed by atoms with E-state index in [2.05, 4.69) is 5.32 Å². The topological polar surface area (TPSA) is 58.6 Å². The summed E-state index contributed by atoms with van der Waals surface area (Å²) in [7, 11) is 1.61. The molecule has 0 heterocycles. The summed E-state index contributed by atoms with van der Waals surface area (Å²) in [5.74, 6) is 0.915. The van der Waals surface area contributed by atoms with Crippen LogP contribution in [0.4, 0.5) is 5.69 Å². The number of anilines is 1. The lowest BCUT2D eigenvalue weighted by molar-refractivity contribution is -0.116. The summed E-state index contributed by atoms with van der Waals surface area (Å²) in [6.07, 6.45) is 0.822. The van der Waals surface area contributed by atoms with Crippen molar-refractivity contribution in [2.75, 3.05) is 18.9 Å². The SMILES string of the molecule is CCc1ccccc1NC(=O)CN(C)C(=O)c1ccc(Oc2ccccc2)cc1. The molecule has 5 nitrogen and oxygen atoms in total. The maximum Gasteiger partial charge on any atom is 0.254 e. The van der Waals surface area contributed by atoms with Crippen LogP contribution in [0, 0.1) is 0 Å². The van der Waals surface area contributed by atoms with Crippen molar-refractivity contribution in [2.24, 2.45) is 0 Å². The van der Waals surface area contributed by atoms with Crippen LogP contribution in [0.3, 0.4) is 0 Å². The molecule has 3 aromatic rings. The number of nitrogens with zero attached hydrogens (tertiary/aromatic N) is 1. The Hall–Kier alpha value is -3.60. The van der Waals surface area contributed by atoms with Crippen LogP contribution in [-0.4, -0.2) is 30.3 Å². The highest BCUT2D eigenvalue weighted by Crippen LogP contribution is 2.21. The highest BCUT2D eigenvalue weighted by Gasteiger charge is 2.16. The van der Waals surface area contributed by atoms with Gasteiger partial charge in [-0.25, -0.2) is 0 Å². The van der Waals surface area contributed by atoms with Crippen molar-refractivity contribution >= 4 is 17.5 Å². The van der Waals surface area contributed by atoms with Gasteiger partial charge in [0.05, 0.1) is 6.54 Å². The Morgan fingerprint density at radius 1 is 0.862 bits per heavy atom. The zero-order chi connectivity index (χ0) is 20.6. The third-order valence-electron chi connectivity index (χ3n) is 4.48. The van der Waals surface area contributed by atoms with Crippen LogP contribution < -0.4 is 10.1 Å². The summed E-state index contributed by atoms with van der Waals surface area (Å²) >= 11 is 0. The molecule has 5 heteroatoms. The molecule has 2 amide bonds. The summed E-state index contributed by atoms with van der Waals surface area (Å²) < 4.78 is 5.74. The first kappa shape index (κ1) is 20.1. The van der Waals surface area contributed by atoms with Gasteiger partial charge in [-0.3, -0.25) is 9.59 Å². The van der Waals surface area contributed by atoms with Crippen molar-refractivity contribution in [3.8, 4) is 11.5 Å². The van der Waals surface area contributed by atoms with Gasteiger partial charge in [0.15, 0.2) is 0 Å². The predicted octanol–water partition coefficient (Wildman–Crippen LogP) is 4.75. The Kier molecular flexibility index (Phi) is 6.63. The largest absolute Gasteiger partial charge is 0.457 e. The maximum atomic E-state index is 12.6. The van der Waals surface area contributed by atoms with Gasteiger partial charge in [-0.2, -0.15) is 0 Å². The smallest absolute Gasteiger partial charge is 0.254 e. The number of hydrogen-bond acceptors (Lipinski definition) is 3. The summed E-state index contributed by atoms with van der Waals surface area (Å²) in [6, 6.07) is 24.0. The quantitative estimate of drug-likeness (QED) is 0.635. The third kappa shape index (κ3) is 5.45. The lowest BCUT2D eigenvalue weighted by atomic mass is 10.1. The Bertz CT molecular complexity index is 969. The number of rotatable bonds is 7. The lowest BCUT2D eigenvalue weighted by Gasteiger charge is -2.18. The first-order chi connectivity index (χ1) is 14.1. The van der Waals surface area contributed by atoms with E-state index in [0.29, 0.717) is 11.3 Å². The van der Waals surface area contributed by atoms with Crippen molar-refractivity contribution in [1.82, 2.24) is 4.90 Å². The van der Waals surface area contributed by atoms with E-state index in [-0.39, 0.29) is 18.4 Å². The van der Waals surface area contributed by atoms with Gasteiger partial charge in [0.1, 0.15) is 11.5 Å². The van der Waals surface area contributed by atoms with E-state index in [9.17, 15) is 9.59 Å². The van der Waals surface area contributed by atoms with Gasteiger partial charge in [0.2, 0.25) is 5.91 Å². The minimum Gasteiger partial charge on any atom is -0.457 e. The second-order valence-electron chi connectivity index (χ2n) is 6.66. The average Bonchev–Trinajstić information content (AvgIpc) is 2.75. The van der Waals surface area contributed by atoms with Crippen molar-refractivity contribution in [2.45, 2.75) is 13.3 Å². The highest BCUT2D eigenvalue weighted by molar-refractivity contribution is 5.99. The third-order valence-corrected chi connectivity index (χ3v) is 4.48. The molecule has 0 aromatic heterocycles. The van der Waals surface area contributed by atoms with Crippen LogP contribution in [0.15, 0.2) is 78.9 Å². The van der Waals surface area contributed by atoms with Crippen LogP contribution in [0.25, 0.3) is 0 Å². The molecule has 0 saturated heterocycles. The monoisotopic (exact) mass is 388 g/mol. The molecule has 0 radical (unpaired) electrons. The molecule has 0 spiro atoms. The first-order valence-electron chi connectivity index (χ1n) is 9.53. The second-order valence-corrected chi connectivity index (χ2v) is 6.66. The molecule has 0 saturated carbocycles. The zero-order valence-electron chi connectivity index (χ0n) is 16.6. The van der Waals surface area contributed by atoms with Gasteiger partial charge in [0, 0.05) is 18.3 Å². The minimum atomic E-state index is -0.231. The van der Waals surface area contributed by atoms with Gasteiger partial charge in [-0.15, -0.1) is 0 Å². The van der Waals surface area contributed by atoms with E-state index in [1.807, 2.05) is 61.5 Å². The van der Waals surface area contributed by atoms with E-state index in [4.69, 9.17) is 4.74 Å². The van der Waals surface area contributed by atoms with Crippen LogP contribution in [-0.2, 0) is 11.2 Å². The minimum absolute atomic E-state index is 0.0286. The van der Waals surface area contributed by atoms with Crippen LogP contribution in [0.1, 0.15) is 22.8 Å². The van der Waals surface area contributed by atoms with Gasteiger partial charge in [-0.05, 0) is 54.4 Å². The molecule has 1 N–H and O–H groups in total. The van der Waals surface area contributed by atoms with Crippen molar-refractivity contribution < 1.29 is 14.3 Å². The average molecular weight is 388 g/mol. The lowest BCUT2D eigenvalue weighted by Crippen LogP contribution is -2.35. The van der Waals surface area contributed by atoms with Gasteiger partial charge >= 0.3 is 0 Å². The van der Waals surface area contributed by atoms with Crippen molar-refractivity contribution in [1.29, 1.82) is 0 Å². The molecule has 148 valence electrons. The number of carbonyl (C=O) groups is 2. The number of likely N-dealkylation sites (N-methyl/N-ethyl adjacent to an activating group) is 1. The van der Waals surface area contributed by atoms with E-state index in [0.717, 1.165) is 23.4 Å². The molecule has 29 heavy (non-hydrogen) atoms. The Labute approximate surface area is 170 Å². The zero-order valence-corrected chi connectivity index (χ0v) is 16.6. The van der Waals surface area contributed by atoms with Crippen LogP contribution in [0.2, 0.25) is 0 Å². The molecular formula is C24H24N2O3. The summed E-state index contributed by atoms with van der Waals surface area (Å²) in [4.78, 5) is 26.4. The molecule has 0 atom stereocenters. The molecule has 3 rings (SSSR count). The van der Waals surface area contributed by atoms with Crippen LogP contribution >= 0.6 is 0 Å². The number of ether oxygens (including phenoxy) is 1. The fourth-order valence-corrected chi connectivity index (χ4v) is 2.94. The van der Waals surface area contributed by atoms with Crippen molar-refractivity contribution in [3.05, 3.63) is 90.0 Å². The number of nitrogens with one attached hydrogen (secondary N) is 1. The summed E-state index contributed by atoms with van der Waals surface area (Å²) in [5.41, 5.74) is 2.33. The normalized spacial score (nSPS) is 10.3. The fourth-order valence-electron chi connectivity index (χ4n) is 2.94. The Balaban J connectivity index is 1.58. The number of hydrogen-bond donors (Lipinski definition) is 1. The molecule has 0 aliphatic carbocycles. The Morgan fingerprint density at radius 3 is 2.17 bits per heavy atom. The molecule has 0 aliphatic rings. The van der Waals surface area contributed by atoms with Gasteiger partial charge in [0.25, 0.3) is 5.91 Å². The van der Waals surface area contributed by atoms with E-state index in [1.54, 1.807) is 31.3 Å². The standard InChI is InChI=1S/C24H24N2O3/c1-3-18-9-7-8-12-22(18)25-23(27)17-26(2)24(28)19-13-15-21(16-14-19)29-20-10-5-4-6-11-20/h4-16H,3,17H2,1-2H3,(H,25,27). The molecule has 3 aromatic carbocycles. The highest BCUT2D eigenvalue weighted by atomic mass is 16.5. The van der Waals surface area contributed by atoms with Crippen molar-refractivity contribution in [3.63, 3.8) is 0 Å². The predicted molar refractivity (Wildman–Crippen MR) is 114 cm³/mol. The fraction of sp³-hybridized carbons (Fsp3) is 0.167. The van der Waals surface area contributed by atoms with E-state index >= 15 is 0 Å². The van der Waals surface area contributed by atoms with E-state index < -0.39 is 0 Å². The number of aryl methyl sites for hydroxylation is 1. The number of benzene rings is 3. The van der Waals surface area contributed by atoms with Gasteiger partial charge < -0.3 is 15.0 Å². The first-order valence-corrected chi connectivity index (χ1v) is 9.53. The van der Waals surface area contributed by atoms with E-state index in [1.165, 1.54) is 4.90 Å². The van der Waals surface area contributed by atoms with Gasteiger partial charge in [-0.1, -0.05) is 43.3 Å². The number of para-hydroxylation sites is 2. The maximum absolute atomic E-state index is 12.6. The summed E-state index contributed by atoms with van der Waals surface area (Å²) in [5, 5.41) is 2.88. The molecular weight excluding hydrogens is 364 g/mol. The molecule has 0 unspecified atom stereocenters. The molecule has 0 fully saturated rings. The summed E-state index contributed by atoms with van der Waals surface area (Å²) in [6.45, 7) is 2.00. The number of carbonyl (C=O) groups excluding carboxylic acids is 2. The second kappa shape index (κ2) is 9.55. The molecule has 0 bridgehead atoms.